The van der Waals surface area contributed by atoms with E-state index in [1.807, 2.05) is 48.0 Å². The lowest BCUT2D eigenvalue weighted by Gasteiger charge is -2.14. The van der Waals surface area contributed by atoms with Crippen LogP contribution in [0.4, 0.5) is 14.5 Å². The summed E-state index contributed by atoms with van der Waals surface area (Å²) >= 11 is 0. The van der Waals surface area contributed by atoms with Crippen molar-refractivity contribution in [3.63, 3.8) is 0 Å². The molecule has 2 aromatic carbocycles. The highest BCUT2D eigenvalue weighted by atomic mass is 19.1. The van der Waals surface area contributed by atoms with E-state index in [1.165, 1.54) is 24.3 Å². The fourth-order valence-electron chi connectivity index (χ4n) is 3.87. The topological polar surface area (TPSA) is 42.2 Å². The fourth-order valence-corrected chi connectivity index (χ4v) is 3.87. The summed E-state index contributed by atoms with van der Waals surface area (Å²) in [6.07, 6.45) is 5.50. The third kappa shape index (κ3) is 3.99. The highest BCUT2D eigenvalue weighted by molar-refractivity contribution is 5.85. The lowest BCUT2D eigenvalue weighted by atomic mass is 10.0. The predicted molar refractivity (Wildman–Crippen MR) is 128 cm³/mol. The highest BCUT2D eigenvalue weighted by Crippen LogP contribution is 2.31. The zero-order valence-corrected chi connectivity index (χ0v) is 17.9. The van der Waals surface area contributed by atoms with Gasteiger partial charge in [-0.3, -0.25) is 9.38 Å². The molecule has 3 aromatic heterocycles. The summed E-state index contributed by atoms with van der Waals surface area (Å²) in [5.41, 5.74) is 6.49. The number of fused-ring (bicyclic) bond motifs is 1. The summed E-state index contributed by atoms with van der Waals surface area (Å²) in [5.74, 6) is 0.0616. The zero-order valence-electron chi connectivity index (χ0n) is 17.9. The minimum atomic E-state index is -0.306. The van der Waals surface area contributed by atoms with Crippen molar-refractivity contribution < 1.29 is 8.78 Å². The van der Waals surface area contributed by atoms with Gasteiger partial charge in [0.05, 0.1) is 11.7 Å². The molecule has 0 aliphatic heterocycles. The molecule has 0 spiro atoms. The molecule has 0 radical (unpaired) electrons. The van der Waals surface area contributed by atoms with Crippen LogP contribution in [0.2, 0.25) is 0 Å². The first-order valence-electron chi connectivity index (χ1n) is 10.4. The van der Waals surface area contributed by atoms with Crippen molar-refractivity contribution >= 4 is 16.9 Å². The number of hydrogen-bond acceptors (Lipinski definition) is 3. The molecule has 0 amide bonds. The van der Waals surface area contributed by atoms with E-state index in [2.05, 4.69) is 21.9 Å². The lowest BCUT2D eigenvalue weighted by molar-refractivity contribution is 0.627. The molecular formula is C27H20F2N4. The van der Waals surface area contributed by atoms with Gasteiger partial charge in [0.2, 0.25) is 0 Å². The van der Waals surface area contributed by atoms with Gasteiger partial charge in [-0.2, -0.15) is 0 Å². The van der Waals surface area contributed by atoms with Crippen molar-refractivity contribution in [2.24, 2.45) is 0 Å². The number of halogens is 2. The highest BCUT2D eigenvalue weighted by Gasteiger charge is 2.13. The van der Waals surface area contributed by atoms with Gasteiger partial charge in [0.1, 0.15) is 17.5 Å². The van der Waals surface area contributed by atoms with E-state index in [1.54, 1.807) is 24.4 Å². The van der Waals surface area contributed by atoms with Crippen molar-refractivity contribution in [1.29, 1.82) is 0 Å². The third-order valence-corrected chi connectivity index (χ3v) is 5.52. The molecule has 4 nitrogen and oxygen atoms in total. The largest absolute Gasteiger partial charge is 0.355 e. The van der Waals surface area contributed by atoms with E-state index in [4.69, 9.17) is 0 Å². The van der Waals surface area contributed by atoms with Crippen LogP contribution >= 0.6 is 0 Å². The molecule has 0 bridgehead atoms. The number of rotatable bonds is 5. The van der Waals surface area contributed by atoms with Crippen LogP contribution < -0.4 is 5.32 Å². The number of pyridine rings is 2. The smallest absolute Gasteiger partial charge is 0.144 e. The molecule has 33 heavy (non-hydrogen) atoms. The van der Waals surface area contributed by atoms with E-state index in [9.17, 15) is 8.78 Å². The number of anilines is 1. The molecule has 0 aliphatic rings. The summed E-state index contributed by atoms with van der Waals surface area (Å²) < 4.78 is 28.9. The van der Waals surface area contributed by atoms with E-state index in [0.29, 0.717) is 17.1 Å². The Hall–Kier alpha value is -4.32. The van der Waals surface area contributed by atoms with Crippen molar-refractivity contribution in [1.82, 2.24) is 14.4 Å². The number of aryl methyl sites for hydroxylation is 1. The third-order valence-electron chi connectivity index (χ3n) is 5.52. The Morgan fingerprint density at radius 1 is 0.879 bits per heavy atom. The van der Waals surface area contributed by atoms with E-state index < -0.39 is 0 Å². The van der Waals surface area contributed by atoms with Gasteiger partial charge in [0.25, 0.3) is 0 Å². The molecule has 6 heteroatoms. The Morgan fingerprint density at radius 3 is 2.48 bits per heavy atom. The van der Waals surface area contributed by atoms with Gasteiger partial charge in [-0.1, -0.05) is 24.8 Å². The first-order valence-corrected chi connectivity index (χ1v) is 10.4. The molecule has 0 saturated carbocycles. The lowest BCUT2D eigenvalue weighted by Crippen LogP contribution is -2.01. The van der Waals surface area contributed by atoms with Crippen LogP contribution in [0.25, 0.3) is 33.7 Å². The molecule has 0 saturated heterocycles. The molecule has 1 N–H and O–H groups in total. The minimum Gasteiger partial charge on any atom is -0.355 e. The number of aromatic nitrogens is 3. The summed E-state index contributed by atoms with van der Waals surface area (Å²) in [5, 5.41) is 3.22. The van der Waals surface area contributed by atoms with Crippen molar-refractivity contribution in [2.45, 2.75) is 6.92 Å². The van der Waals surface area contributed by atoms with Crippen LogP contribution in [0.1, 0.15) is 11.3 Å². The number of nitrogens with one attached hydrogen (secondary N) is 1. The minimum absolute atomic E-state index is 0.294. The van der Waals surface area contributed by atoms with E-state index in [-0.39, 0.29) is 11.6 Å². The Bertz CT molecular complexity index is 1490. The predicted octanol–water partition coefficient (Wildman–Crippen LogP) is 6.73. The van der Waals surface area contributed by atoms with Crippen molar-refractivity contribution in [3.8, 4) is 22.5 Å². The number of nitrogens with zero attached hydrogens (tertiary/aromatic N) is 3. The molecular weight excluding hydrogens is 418 g/mol. The monoisotopic (exact) mass is 438 g/mol. The van der Waals surface area contributed by atoms with E-state index >= 15 is 0 Å². The molecule has 5 rings (SSSR count). The normalized spacial score (nSPS) is 11.0. The van der Waals surface area contributed by atoms with Gasteiger partial charge in [-0.05, 0) is 55.5 Å². The molecule has 162 valence electrons. The maximum Gasteiger partial charge on any atom is 0.144 e. The van der Waals surface area contributed by atoms with Crippen LogP contribution in [0.5, 0.6) is 0 Å². The number of benzene rings is 2. The van der Waals surface area contributed by atoms with Crippen LogP contribution in [-0.2, 0) is 0 Å². The Labute approximate surface area is 189 Å². The summed E-state index contributed by atoms with van der Waals surface area (Å²) in [7, 11) is 0. The van der Waals surface area contributed by atoms with Gasteiger partial charge >= 0.3 is 0 Å². The second-order valence-electron chi connectivity index (χ2n) is 7.74. The Kier molecular flexibility index (Phi) is 5.18. The first-order chi connectivity index (χ1) is 16.0. The first kappa shape index (κ1) is 20.6. The van der Waals surface area contributed by atoms with Crippen LogP contribution in [0.3, 0.4) is 0 Å². The SMILES string of the molecule is C=C(Nc1ccc(F)cc1)c1cc(-c2cccn3c(-c4cccc(F)c4)ncc23)cnc1C. The van der Waals surface area contributed by atoms with Gasteiger partial charge in [-0.25, -0.2) is 13.8 Å². The standard InChI is InChI=1S/C27H20F2N4/c1-17-25(18(2)32-23-10-8-21(28)9-11-23)14-20(15-30-17)24-7-4-12-33-26(24)16-31-27(33)19-5-3-6-22(29)13-19/h3-16,32H,2H2,1H3. The molecule has 3 heterocycles. The molecule has 0 atom stereocenters. The summed E-state index contributed by atoms with van der Waals surface area (Å²) in [6, 6.07) is 18.5. The average Bonchev–Trinajstić information content (AvgIpc) is 3.25. The van der Waals surface area contributed by atoms with E-state index in [0.717, 1.165) is 33.6 Å². The molecule has 0 aliphatic carbocycles. The maximum atomic E-state index is 13.8. The van der Waals surface area contributed by atoms with Crippen LogP contribution in [0.15, 0.2) is 91.9 Å². The van der Waals surface area contributed by atoms with Gasteiger partial charge in [0.15, 0.2) is 0 Å². The van der Waals surface area contributed by atoms with Crippen molar-refractivity contribution in [3.05, 3.63) is 115 Å². The Balaban J connectivity index is 1.54. The van der Waals surface area contributed by atoms with Crippen LogP contribution in [0, 0.1) is 18.6 Å². The van der Waals surface area contributed by atoms with Gasteiger partial charge in [-0.15, -0.1) is 0 Å². The second-order valence-corrected chi connectivity index (χ2v) is 7.74. The Morgan fingerprint density at radius 2 is 1.70 bits per heavy atom. The average molecular weight is 438 g/mol. The fraction of sp³-hybridized carbons (Fsp3) is 0.0370. The molecule has 5 aromatic rings. The van der Waals surface area contributed by atoms with Gasteiger partial charge < -0.3 is 5.32 Å². The van der Waals surface area contributed by atoms with Crippen LogP contribution in [-0.4, -0.2) is 14.4 Å². The van der Waals surface area contributed by atoms with Crippen molar-refractivity contribution in [2.75, 3.05) is 5.32 Å². The maximum absolute atomic E-state index is 13.8. The summed E-state index contributed by atoms with van der Waals surface area (Å²) in [4.78, 5) is 9.12. The number of imidazole rings is 1. The molecule has 0 unspecified atom stereocenters. The number of hydrogen-bond donors (Lipinski definition) is 1. The summed E-state index contributed by atoms with van der Waals surface area (Å²) in [6.45, 7) is 6.07. The van der Waals surface area contributed by atoms with Gasteiger partial charge in [0, 0.05) is 51.7 Å². The molecule has 0 fully saturated rings. The second kappa shape index (κ2) is 8.31. The zero-order chi connectivity index (χ0) is 22.9. The quantitative estimate of drug-likeness (QED) is 0.331.